The van der Waals surface area contributed by atoms with Gasteiger partial charge in [0.05, 0.1) is 0 Å². The summed E-state index contributed by atoms with van der Waals surface area (Å²) in [6, 6.07) is 0. The summed E-state index contributed by atoms with van der Waals surface area (Å²) in [5, 5.41) is 0. The molecule has 55 valence electrons. The van der Waals surface area contributed by atoms with Crippen LogP contribution in [0.3, 0.4) is 0 Å². The molecule has 0 spiro atoms. The predicted molar refractivity (Wildman–Crippen MR) is 38.5 cm³/mol. The predicted octanol–water partition coefficient (Wildman–Crippen LogP) is 2.73. The zero-order valence-electron chi connectivity index (χ0n) is 5.75. The third-order valence-electron chi connectivity index (χ3n) is 0.841. The number of hydrogen-bond acceptors (Lipinski definition) is 0. The minimum Gasteiger partial charge on any atom is -0.0885 e. The van der Waals surface area contributed by atoms with Gasteiger partial charge < -0.3 is 0 Å². The molecule has 0 fully saturated rings. The van der Waals surface area contributed by atoms with Crippen LogP contribution in [0.15, 0.2) is 24.3 Å². The van der Waals surface area contributed by atoms with E-state index in [-0.39, 0.29) is 21.1 Å². The number of hydrogen-bond donors (Lipinski definition) is 0. The molecule has 0 aromatic heterocycles. The normalized spacial score (nSPS) is 10.4. The van der Waals surface area contributed by atoms with Gasteiger partial charge in [0.2, 0.25) is 0 Å². The van der Waals surface area contributed by atoms with E-state index < -0.39 is 0 Å². The van der Waals surface area contributed by atoms with Crippen LogP contribution in [-0.2, 0) is 21.1 Å². The van der Waals surface area contributed by atoms with E-state index in [0.29, 0.717) is 0 Å². The van der Waals surface area contributed by atoms with E-state index in [2.05, 4.69) is 26.0 Å². The topological polar surface area (TPSA) is 0 Å². The summed E-state index contributed by atoms with van der Waals surface area (Å²) < 4.78 is 0. The maximum atomic E-state index is 3.57. The summed E-state index contributed by atoms with van der Waals surface area (Å²) >= 11 is 0. The Labute approximate surface area is 72.3 Å². The molecule has 0 bridgehead atoms. The number of rotatable bonds is 3. The molecule has 0 saturated carbocycles. The summed E-state index contributed by atoms with van der Waals surface area (Å²) in [5.41, 5.74) is 0. The van der Waals surface area contributed by atoms with E-state index in [1.165, 1.54) is 0 Å². The van der Waals surface area contributed by atoms with Crippen molar-refractivity contribution in [2.75, 3.05) is 0 Å². The molecule has 0 nitrogen and oxygen atoms in total. The molecular weight excluding hydrogens is 291 g/mol. The van der Waals surface area contributed by atoms with E-state index in [4.69, 9.17) is 0 Å². The first-order valence-corrected chi connectivity index (χ1v) is 3.01. The minimum atomic E-state index is 0. The molecule has 1 heteroatoms. The van der Waals surface area contributed by atoms with E-state index in [1.54, 1.807) is 0 Å². The molecule has 0 amide bonds. The summed E-state index contributed by atoms with van der Waals surface area (Å²) in [4.78, 5) is 0. The Balaban J connectivity index is 0. The first kappa shape index (κ1) is 11.9. The van der Waals surface area contributed by atoms with Crippen LogP contribution in [0.2, 0.25) is 0 Å². The van der Waals surface area contributed by atoms with Crippen LogP contribution in [-0.4, -0.2) is 0 Å². The van der Waals surface area contributed by atoms with E-state index in [9.17, 15) is 0 Å². The fourth-order valence-electron chi connectivity index (χ4n) is 0.438. The van der Waals surface area contributed by atoms with Crippen LogP contribution >= 0.6 is 0 Å². The van der Waals surface area contributed by atoms with Crippen molar-refractivity contribution >= 4 is 0 Å². The minimum absolute atomic E-state index is 0. The van der Waals surface area contributed by atoms with Gasteiger partial charge in [0.1, 0.15) is 0 Å². The number of allylic oxidation sites excluding steroid dienone is 4. The molecule has 0 aliphatic rings. The first-order valence-electron chi connectivity index (χ1n) is 3.01. The van der Waals surface area contributed by atoms with Gasteiger partial charge in [0.15, 0.2) is 0 Å². The van der Waals surface area contributed by atoms with Crippen molar-refractivity contribution in [1.82, 2.24) is 0 Å². The maximum absolute atomic E-state index is 3.57. The summed E-state index contributed by atoms with van der Waals surface area (Å²) in [7, 11) is 0. The third-order valence-corrected chi connectivity index (χ3v) is 0.841. The molecule has 0 aromatic carbocycles. The molecular formula is C8H13Pt. The average Bonchev–Trinajstić information content (AvgIpc) is 1.81. The average molecular weight is 304 g/mol. The van der Waals surface area contributed by atoms with Gasteiger partial charge >= 0.3 is 0 Å². The molecule has 0 N–H and O–H groups in total. The molecule has 0 aromatic rings. The van der Waals surface area contributed by atoms with Gasteiger partial charge in [-0.1, -0.05) is 31.2 Å². The first-order chi connectivity index (χ1) is 3.91. The van der Waals surface area contributed by atoms with Gasteiger partial charge in [-0.15, -0.1) is 0 Å². The van der Waals surface area contributed by atoms with Gasteiger partial charge in [-0.25, -0.2) is 0 Å². The zero-order chi connectivity index (χ0) is 6.24. The standard InChI is InChI=1S/C8H13.Pt/c1-3-5-7-8-6-4-2;/h3,5-6,8H,1,4,7H2,2H3;. The quantitative estimate of drug-likeness (QED) is 0.703. The van der Waals surface area contributed by atoms with Crippen molar-refractivity contribution in [3.63, 3.8) is 0 Å². The second-order valence-electron chi connectivity index (χ2n) is 1.59. The van der Waals surface area contributed by atoms with Gasteiger partial charge in [0.25, 0.3) is 0 Å². The maximum Gasteiger partial charge on any atom is 0 e. The molecule has 0 aliphatic heterocycles. The van der Waals surface area contributed by atoms with Gasteiger partial charge in [-0.2, -0.15) is 0 Å². The Morgan fingerprint density at radius 2 is 1.89 bits per heavy atom. The second-order valence-corrected chi connectivity index (χ2v) is 1.59. The van der Waals surface area contributed by atoms with E-state index in [0.717, 1.165) is 12.8 Å². The SMILES string of the molecule is [CH2]C=CCC=CCC.[Pt]. The third kappa shape index (κ3) is 11.6. The molecule has 0 unspecified atom stereocenters. The van der Waals surface area contributed by atoms with Crippen molar-refractivity contribution in [3.05, 3.63) is 31.2 Å². The fraction of sp³-hybridized carbons (Fsp3) is 0.375. The molecule has 0 aliphatic carbocycles. The van der Waals surface area contributed by atoms with Crippen molar-refractivity contribution in [2.24, 2.45) is 0 Å². The van der Waals surface area contributed by atoms with Crippen molar-refractivity contribution < 1.29 is 21.1 Å². The van der Waals surface area contributed by atoms with Crippen molar-refractivity contribution in [2.45, 2.75) is 19.8 Å². The monoisotopic (exact) mass is 304 g/mol. The van der Waals surface area contributed by atoms with Crippen LogP contribution in [0.1, 0.15) is 19.8 Å². The Kier molecular flexibility index (Phi) is 14.6. The molecule has 0 rings (SSSR count). The van der Waals surface area contributed by atoms with Gasteiger partial charge in [0, 0.05) is 21.1 Å². The van der Waals surface area contributed by atoms with Crippen LogP contribution in [0.25, 0.3) is 0 Å². The largest absolute Gasteiger partial charge is 0.0885 e. The van der Waals surface area contributed by atoms with E-state index >= 15 is 0 Å². The van der Waals surface area contributed by atoms with Gasteiger partial charge in [-0.05, 0) is 19.8 Å². The van der Waals surface area contributed by atoms with Crippen molar-refractivity contribution in [3.8, 4) is 0 Å². The van der Waals surface area contributed by atoms with Crippen LogP contribution in [0.4, 0.5) is 0 Å². The Bertz CT molecular complexity index is 82.6. The Hall–Kier alpha value is 0.168. The Morgan fingerprint density at radius 3 is 2.33 bits per heavy atom. The zero-order valence-corrected chi connectivity index (χ0v) is 8.02. The second kappa shape index (κ2) is 11.0. The summed E-state index contributed by atoms with van der Waals surface area (Å²) in [6.07, 6.45) is 10.3. The smallest absolute Gasteiger partial charge is 0 e. The van der Waals surface area contributed by atoms with Crippen LogP contribution in [0.5, 0.6) is 0 Å². The molecule has 0 atom stereocenters. The molecule has 1 radical (unpaired) electrons. The summed E-state index contributed by atoms with van der Waals surface area (Å²) in [5.74, 6) is 0. The van der Waals surface area contributed by atoms with E-state index in [1.807, 2.05) is 12.2 Å². The van der Waals surface area contributed by atoms with Crippen LogP contribution in [0, 0.1) is 6.92 Å². The Morgan fingerprint density at radius 1 is 1.22 bits per heavy atom. The molecule has 9 heavy (non-hydrogen) atoms. The summed E-state index contributed by atoms with van der Waals surface area (Å²) in [6.45, 7) is 5.70. The molecule has 0 saturated heterocycles. The fourth-order valence-corrected chi connectivity index (χ4v) is 0.438. The van der Waals surface area contributed by atoms with Crippen LogP contribution < -0.4 is 0 Å². The molecule has 0 heterocycles. The van der Waals surface area contributed by atoms with Gasteiger partial charge in [-0.3, -0.25) is 0 Å². The van der Waals surface area contributed by atoms with Crippen molar-refractivity contribution in [1.29, 1.82) is 0 Å².